The summed E-state index contributed by atoms with van der Waals surface area (Å²) < 4.78 is 10.7. The number of anilines is 1. The van der Waals surface area contributed by atoms with Crippen LogP contribution < -0.4 is 19.9 Å². The molecule has 0 bridgehead atoms. The SMILES string of the molecule is CC1COc2cc(N3C[C@@H]4C(N(Cc5ccccc5)Cc5ccccc5)[C@@H]4C3)ccc2-c2[nH]c(=O)c(OC(=O)O)c(O)c21. The van der Waals surface area contributed by atoms with Gasteiger partial charge in [-0.3, -0.25) is 9.69 Å². The van der Waals surface area contributed by atoms with Gasteiger partial charge < -0.3 is 29.6 Å². The average molecular weight is 580 g/mol. The summed E-state index contributed by atoms with van der Waals surface area (Å²) in [6.07, 6.45) is -1.67. The zero-order chi connectivity index (χ0) is 29.7. The fraction of sp³-hybridized carbons (Fsp3) is 0.294. The summed E-state index contributed by atoms with van der Waals surface area (Å²) in [5.74, 6) is 0.340. The molecule has 2 aliphatic heterocycles. The number of nitrogens with zero attached hydrogens (tertiary/aromatic N) is 2. The second-order valence-corrected chi connectivity index (χ2v) is 11.8. The van der Waals surface area contributed by atoms with Crippen LogP contribution in [0.25, 0.3) is 11.3 Å². The Bertz CT molecular complexity index is 1670. The molecule has 0 amide bonds. The number of pyridine rings is 1. The fourth-order valence-electron chi connectivity index (χ4n) is 6.94. The largest absolute Gasteiger partial charge is 0.511 e. The first-order valence-electron chi connectivity index (χ1n) is 14.6. The van der Waals surface area contributed by atoms with E-state index in [0.29, 0.717) is 40.4 Å². The van der Waals surface area contributed by atoms with Crippen molar-refractivity contribution in [3.63, 3.8) is 0 Å². The third kappa shape index (κ3) is 5.10. The summed E-state index contributed by atoms with van der Waals surface area (Å²) >= 11 is 0. The van der Waals surface area contributed by atoms with Crippen molar-refractivity contribution in [1.29, 1.82) is 0 Å². The minimum absolute atomic E-state index is 0.247. The smallest absolute Gasteiger partial charge is 0.504 e. The Labute approximate surface area is 248 Å². The maximum absolute atomic E-state index is 12.7. The number of hydrogen-bond acceptors (Lipinski definition) is 7. The highest BCUT2D eigenvalue weighted by Gasteiger charge is 2.58. The van der Waals surface area contributed by atoms with E-state index in [0.717, 1.165) is 31.9 Å². The second-order valence-electron chi connectivity index (χ2n) is 11.8. The van der Waals surface area contributed by atoms with Crippen molar-refractivity contribution < 1.29 is 24.5 Å². The lowest BCUT2D eigenvalue weighted by Crippen LogP contribution is -2.34. The van der Waals surface area contributed by atoms with Crippen molar-refractivity contribution in [2.45, 2.75) is 32.0 Å². The van der Waals surface area contributed by atoms with E-state index >= 15 is 0 Å². The minimum atomic E-state index is -1.67. The monoisotopic (exact) mass is 579 g/mol. The molecule has 3 aliphatic rings. The Morgan fingerprint density at radius 3 is 2.23 bits per heavy atom. The number of piperidine rings is 1. The topological polar surface area (TPSA) is 115 Å². The maximum Gasteiger partial charge on any atom is 0.511 e. The number of carboxylic acid groups (broad SMARTS) is 1. The number of ether oxygens (including phenoxy) is 2. The lowest BCUT2D eigenvalue weighted by molar-refractivity contribution is 0.142. The van der Waals surface area contributed by atoms with Gasteiger partial charge in [-0.1, -0.05) is 67.6 Å². The quantitative estimate of drug-likeness (QED) is 0.248. The van der Waals surface area contributed by atoms with Crippen LogP contribution in [0.4, 0.5) is 10.5 Å². The number of nitrogens with one attached hydrogen (secondary N) is 1. The molecule has 4 aromatic rings. The molecule has 220 valence electrons. The van der Waals surface area contributed by atoms with Crippen LogP contribution >= 0.6 is 0 Å². The molecule has 9 nitrogen and oxygen atoms in total. The van der Waals surface area contributed by atoms with E-state index in [-0.39, 0.29) is 12.5 Å². The Balaban J connectivity index is 1.11. The van der Waals surface area contributed by atoms with Gasteiger partial charge in [-0.25, -0.2) is 4.79 Å². The van der Waals surface area contributed by atoms with Crippen LogP contribution in [0, 0.1) is 11.8 Å². The van der Waals surface area contributed by atoms with Crippen LogP contribution in [-0.4, -0.2) is 52.0 Å². The summed E-state index contributed by atoms with van der Waals surface area (Å²) in [7, 11) is 0. The molecule has 7 rings (SSSR count). The lowest BCUT2D eigenvalue weighted by Gasteiger charge is -2.29. The van der Waals surface area contributed by atoms with Crippen LogP contribution in [0.1, 0.15) is 29.5 Å². The molecule has 1 saturated carbocycles. The zero-order valence-electron chi connectivity index (χ0n) is 23.8. The molecule has 2 unspecified atom stereocenters. The van der Waals surface area contributed by atoms with Gasteiger partial charge in [0.1, 0.15) is 5.75 Å². The third-order valence-corrected chi connectivity index (χ3v) is 8.98. The van der Waals surface area contributed by atoms with Crippen LogP contribution in [0.2, 0.25) is 0 Å². The highest BCUT2D eigenvalue weighted by atomic mass is 16.7. The Morgan fingerprint density at radius 2 is 1.63 bits per heavy atom. The van der Waals surface area contributed by atoms with E-state index in [9.17, 15) is 14.7 Å². The van der Waals surface area contributed by atoms with Crippen molar-refractivity contribution >= 4 is 11.8 Å². The van der Waals surface area contributed by atoms with Crippen molar-refractivity contribution in [1.82, 2.24) is 9.88 Å². The Kier molecular flexibility index (Phi) is 6.82. The molecule has 3 heterocycles. The number of rotatable bonds is 7. The van der Waals surface area contributed by atoms with Gasteiger partial charge in [0.25, 0.3) is 5.56 Å². The van der Waals surface area contributed by atoms with Crippen molar-refractivity contribution in [2.75, 3.05) is 24.6 Å². The van der Waals surface area contributed by atoms with Crippen LogP contribution in [0.5, 0.6) is 17.2 Å². The van der Waals surface area contributed by atoms with Gasteiger partial charge in [0, 0.05) is 61.0 Å². The van der Waals surface area contributed by atoms with Crippen molar-refractivity contribution in [3.05, 3.63) is 106 Å². The molecule has 9 heteroatoms. The number of fused-ring (bicyclic) bond motifs is 4. The number of benzene rings is 3. The van der Waals surface area contributed by atoms with Gasteiger partial charge in [0.2, 0.25) is 5.75 Å². The van der Waals surface area contributed by atoms with Gasteiger partial charge in [-0.2, -0.15) is 0 Å². The van der Waals surface area contributed by atoms with E-state index in [4.69, 9.17) is 9.84 Å². The normalized spacial score (nSPS) is 21.8. The van der Waals surface area contributed by atoms with E-state index < -0.39 is 23.2 Å². The van der Waals surface area contributed by atoms with Gasteiger partial charge in [-0.15, -0.1) is 0 Å². The molecule has 1 saturated heterocycles. The first-order chi connectivity index (χ1) is 20.9. The number of aromatic hydroxyl groups is 1. The van der Waals surface area contributed by atoms with E-state index in [1.165, 1.54) is 11.1 Å². The van der Waals surface area contributed by atoms with Gasteiger partial charge >= 0.3 is 6.16 Å². The fourth-order valence-corrected chi connectivity index (χ4v) is 6.94. The van der Waals surface area contributed by atoms with E-state index in [1.54, 1.807) is 0 Å². The number of aromatic amines is 1. The number of hydrogen-bond donors (Lipinski definition) is 3. The summed E-state index contributed by atoms with van der Waals surface area (Å²) in [6.45, 7) is 5.84. The summed E-state index contributed by atoms with van der Waals surface area (Å²) in [5.41, 5.74) is 4.32. The molecule has 0 radical (unpaired) electrons. The Hall–Kier alpha value is -4.76. The zero-order valence-corrected chi connectivity index (χ0v) is 23.8. The standard InChI is InChI=1S/C34H33N3O6/c1-20-19-42-27-14-23(12-13-24(27)29-28(20)31(38)32(33(39)35-29)43-34(40)41)36-17-25-26(18-36)30(25)37(15-21-8-4-2-5-9-21)16-22-10-6-3-7-11-22/h2-14,20,25-26,30H,15-19H2,1H3,(H,40,41)(H2,35,38,39)/t20?,25-,26+,30?. The predicted octanol–water partition coefficient (Wildman–Crippen LogP) is 5.44. The molecule has 43 heavy (non-hydrogen) atoms. The molecule has 1 aromatic heterocycles. The van der Waals surface area contributed by atoms with Crippen LogP contribution in [-0.2, 0) is 13.1 Å². The van der Waals surface area contributed by atoms with Crippen LogP contribution in [0.15, 0.2) is 83.7 Å². The maximum atomic E-state index is 12.7. The third-order valence-electron chi connectivity index (χ3n) is 8.98. The molecule has 1 aliphatic carbocycles. The lowest BCUT2D eigenvalue weighted by atomic mass is 9.95. The number of carbonyl (C=O) groups is 1. The highest BCUT2D eigenvalue weighted by Crippen LogP contribution is 2.52. The second kappa shape index (κ2) is 10.8. The van der Waals surface area contributed by atoms with Crippen molar-refractivity contribution in [3.8, 4) is 28.5 Å². The minimum Gasteiger partial charge on any atom is -0.504 e. The van der Waals surface area contributed by atoms with Gasteiger partial charge in [0.05, 0.1) is 12.3 Å². The van der Waals surface area contributed by atoms with E-state index in [2.05, 4.69) is 80.2 Å². The predicted molar refractivity (Wildman–Crippen MR) is 162 cm³/mol. The summed E-state index contributed by atoms with van der Waals surface area (Å²) in [5, 5.41) is 19.8. The van der Waals surface area contributed by atoms with Crippen molar-refractivity contribution in [2.24, 2.45) is 11.8 Å². The average Bonchev–Trinajstić information content (AvgIpc) is 3.55. The Morgan fingerprint density at radius 1 is 1.00 bits per heavy atom. The summed E-state index contributed by atoms with van der Waals surface area (Å²) in [4.78, 5) is 31.5. The molecule has 3 N–H and O–H groups in total. The van der Waals surface area contributed by atoms with Gasteiger partial charge in [0.15, 0.2) is 5.75 Å². The number of aromatic nitrogens is 1. The van der Waals surface area contributed by atoms with Crippen LogP contribution in [0.3, 0.4) is 0 Å². The molecular weight excluding hydrogens is 546 g/mol. The first-order valence-corrected chi connectivity index (χ1v) is 14.6. The molecule has 0 spiro atoms. The summed E-state index contributed by atoms with van der Waals surface area (Å²) in [6, 6.07) is 27.8. The molecule has 3 aromatic carbocycles. The highest BCUT2D eigenvalue weighted by molar-refractivity contribution is 5.78. The number of H-pyrrole nitrogens is 1. The molecule has 4 atom stereocenters. The molecular formula is C34H33N3O6. The van der Waals surface area contributed by atoms with Gasteiger partial charge in [-0.05, 0) is 35.1 Å². The first kappa shape index (κ1) is 27.1. The molecule has 2 fully saturated rings. The van der Waals surface area contributed by atoms with E-state index in [1.807, 2.05) is 25.1 Å².